The number of amides is 4. The van der Waals surface area contributed by atoms with Crippen LogP contribution in [0.5, 0.6) is 0 Å². The number of nitro groups is 1. The highest BCUT2D eigenvalue weighted by atomic mass is 16.6. The van der Waals surface area contributed by atoms with Gasteiger partial charge in [-0.2, -0.15) is 0 Å². The SMILES string of the molecule is Cc1ccc([C@@]2(C)NC(=O)N(CC(=O)Nc3cc([N+](=O)[O-])ccc3C)C2=O)cc1. The molecule has 9 nitrogen and oxygen atoms in total. The second-order valence-electron chi connectivity index (χ2n) is 7.12. The van der Waals surface area contributed by atoms with Crippen LogP contribution >= 0.6 is 0 Å². The third kappa shape index (κ3) is 3.79. The van der Waals surface area contributed by atoms with Crippen molar-refractivity contribution in [3.63, 3.8) is 0 Å². The average molecular weight is 396 g/mol. The van der Waals surface area contributed by atoms with Crippen LogP contribution in [0.25, 0.3) is 0 Å². The number of aryl methyl sites for hydroxylation is 2. The third-order valence-corrected chi connectivity index (χ3v) is 4.91. The summed E-state index contributed by atoms with van der Waals surface area (Å²) in [6.45, 7) is 4.67. The summed E-state index contributed by atoms with van der Waals surface area (Å²) in [6, 6.07) is 10.6. The molecular weight excluding hydrogens is 376 g/mol. The number of carbonyl (C=O) groups excluding carboxylic acids is 3. The second-order valence-corrected chi connectivity index (χ2v) is 7.12. The van der Waals surface area contributed by atoms with Crippen LogP contribution in [0.2, 0.25) is 0 Å². The van der Waals surface area contributed by atoms with Crippen molar-refractivity contribution in [1.29, 1.82) is 0 Å². The molecule has 0 bridgehead atoms. The molecule has 2 aromatic rings. The van der Waals surface area contributed by atoms with Crippen molar-refractivity contribution >= 4 is 29.2 Å². The molecule has 0 spiro atoms. The zero-order chi connectivity index (χ0) is 21.3. The number of hydrogen-bond donors (Lipinski definition) is 2. The van der Waals surface area contributed by atoms with Gasteiger partial charge in [-0.15, -0.1) is 0 Å². The van der Waals surface area contributed by atoms with Crippen molar-refractivity contribution in [2.75, 3.05) is 11.9 Å². The van der Waals surface area contributed by atoms with Crippen LogP contribution in [0.3, 0.4) is 0 Å². The Kier molecular flexibility index (Phi) is 5.06. The summed E-state index contributed by atoms with van der Waals surface area (Å²) in [6.07, 6.45) is 0. The molecule has 1 aliphatic heterocycles. The van der Waals surface area contributed by atoms with Gasteiger partial charge in [-0.1, -0.05) is 35.9 Å². The first-order valence-electron chi connectivity index (χ1n) is 8.88. The van der Waals surface area contributed by atoms with Crippen LogP contribution in [0.15, 0.2) is 42.5 Å². The van der Waals surface area contributed by atoms with Gasteiger partial charge in [-0.25, -0.2) is 4.79 Å². The number of nitrogens with one attached hydrogen (secondary N) is 2. The lowest BCUT2D eigenvalue weighted by atomic mass is 9.91. The normalized spacial score (nSPS) is 18.5. The highest BCUT2D eigenvalue weighted by Crippen LogP contribution is 2.29. The van der Waals surface area contributed by atoms with Crippen molar-refractivity contribution in [3.05, 3.63) is 69.3 Å². The molecule has 1 fully saturated rings. The van der Waals surface area contributed by atoms with E-state index in [9.17, 15) is 24.5 Å². The van der Waals surface area contributed by atoms with E-state index in [-0.39, 0.29) is 11.4 Å². The fraction of sp³-hybridized carbons (Fsp3) is 0.250. The summed E-state index contributed by atoms with van der Waals surface area (Å²) in [5, 5.41) is 16.1. The summed E-state index contributed by atoms with van der Waals surface area (Å²) in [5.41, 5.74) is 1.04. The third-order valence-electron chi connectivity index (χ3n) is 4.91. The van der Waals surface area contributed by atoms with Crippen molar-refractivity contribution in [2.45, 2.75) is 26.3 Å². The van der Waals surface area contributed by atoms with Gasteiger partial charge < -0.3 is 10.6 Å². The van der Waals surface area contributed by atoms with E-state index in [0.29, 0.717) is 11.1 Å². The predicted octanol–water partition coefficient (Wildman–Crippen LogP) is 2.62. The molecule has 0 aromatic heterocycles. The smallest absolute Gasteiger partial charge is 0.324 e. The Hall–Kier alpha value is -3.75. The number of rotatable bonds is 5. The summed E-state index contributed by atoms with van der Waals surface area (Å²) >= 11 is 0. The molecule has 9 heteroatoms. The van der Waals surface area contributed by atoms with Gasteiger partial charge in [0, 0.05) is 12.1 Å². The monoisotopic (exact) mass is 396 g/mol. The zero-order valence-electron chi connectivity index (χ0n) is 16.2. The van der Waals surface area contributed by atoms with Crippen LogP contribution in [-0.4, -0.2) is 34.2 Å². The highest BCUT2D eigenvalue weighted by Gasteiger charge is 2.49. The topological polar surface area (TPSA) is 122 Å². The lowest BCUT2D eigenvalue weighted by Crippen LogP contribution is -2.42. The van der Waals surface area contributed by atoms with Crippen molar-refractivity contribution < 1.29 is 19.3 Å². The van der Waals surface area contributed by atoms with E-state index in [1.165, 1.54) is 18.2 Å². The standard InChI is InChI=1S/C20H20N4O5/c1-12-4-7-14(8-5-12)20(3)18(26)23(19(27)22-20)11-17(25)21-16-10-15(24(28)29)9-6-13(16)2/h4-10H,11H2,1-3H3,(H,21,25)(H,22,27)/t20-/m1/s1. The Morgan fingerprint density at radius 3 is 2.45 bits per heavy atom. The van der Waals surface area contributed by atoms with Gasteiger partial charge in [0.05, 0.1) is 10.6 Å². The number of anilines is 1. The number of carbonyl (C=O) groups is 3. The van der Waals surface area contributed by atoms with E-state index < -0.39 is 34.9 Å². The maximum Gasteiger partial charge on any atom is 0.325 e. The molecule has 150 valence electrons. The van der Waals surface area contributed by atoms with Crippen LogP contribution in [-0.2, 0) is 15.1 Å². The lowest BCUT2D eigenvalue weighted by molar-refractivity contribution is -0.384. The number of non-ortho nitro benzene ring substituents is 1. The number of urea groups is 1. The molecule has 4 amide bonds. The van der Waals surface area contributed by atoms with Crippen LogP contribution < -0.4 is 10.6 Å². The Morgan fingerprint density at radius 2 is 1.83 bits per heavy atom. The number of nitro benzene ring substituents is 1. The number of benzene rings is 2. The van der Waals surface area contributed by atoms with Gasteiger partial charge in [0.15, 0.2) is 0 Å². The van der Waals surface area contributed by atoms with Gasteiger partial charge in [0.1, 0.15) is 12.1 Å². The maximum absolute atomic E-state index is 12.9. The lowest BCUT2D eigenvalue weighted by Gasteiger charge is -2.22. The van der Waals surface area contributed by atoms with E-state index in [4.69, 9.17) is 0 Å². The van der Waals surface area contributed by atoms with Crippen molar-refractivity contribution in [2.24, 2.45) is 0 Å². The van der Waals surface area contributed by atoms with Gasteiger partial charge >= 0.3 is 6.03 Å². The maximum atomic E-state index is 12.9. The molecule has 0 saturated carbocycles. The average Bonchev–Trinajstić information content (AvgIpc) is 2.88. The second kappa shape index (κ2) is 7.34. The van der Waals surface area contributed by atoms with E-state index >= 15 is 0 Å². The molecule has 0 aliphatic carbocycles. The molecular formula is C20H20N4O5. The zero-order valence-corrected chi connectivity index (χ0v) is 16.2. The van der Waals surface area contributed by atoms with Gasteiger partial charge in [0.25, 0.3) is 11.6 Å². The van der Waals surface area contributed by atoms with Crippen molar-refractivity contribution in [1.82, 2.24) is 10.2 Å². The molecule has 1 aliphatic rings. The van der Waals surface area contributed by atoms with Crippen LogP contribution in [0.1, 0.15) is 23.6 Å². The molecule has 1 atom stereocenters. The number of nitrogens with zero attached hydrogens (tertiary/aromatic N) is 2. The number of hydrogen-bond acceptors (Lipinski definition) is 5. The Bertz CT molecular complexity index is 1020. The highest BCUT2D eigenvalue weighted by molar-refractivity contribution is 6.10. The van der Waals surface area contributed by atoms with Gasteiger partial charge in [-0.05, 0) is 31.9 Å². The van der Waals surface area contributed by atoms with E-state index in [0.717, 1.165) is 10.5 Å². The van der Waals surface area contributed by atoms with E-state index in [1.807, 2.05) is 19.1 Å². The van der Waals surface area contributed by atoms with Crippen LogP contribution in [0.4, 0.5) is 16.2 Å². The molecule has 3 rings (SSSR count). The molecule has 0 radical (unpaired) electrons. The predicted molar refractivity (Wildman–Crippen MR) is 105 cm³/mol. The summed E-state index contributed by atoms with van der Waals surface area (Å²) in [5.74, 6) is -1.18. The Morgan fingerprint density at radius 1 is 1.17 bits per heavy atom. The summed E-state index contributed by atoms with van der Waals surface area (Å²) < 4.78 is 0. The molecule has 2 aromatic carbocycles. The first-order chi connectivity index (χ1) is 13.6. The molecule has 2 N–H and O–H groups in total. The van der Waals surface area contributed by atoms with Crippen molar-refractivity contribution in [3.8, 4) is 0 Å². The molecule has 29 heavy (non-hydrogen) atoms. The van der Waals surface area contributed by atoms with Gasteiger partial charge in [-0.3, -0.25) is 24.6 Å². The Labute approximate surface area is 166 Å². The fourth-order valence-electron chi connectivity index (χ4n) is 3.11. The minimum atomic E-state index is -1.27. The summed E-state index contributed by atoms with van der Waals surface area (Å²) in [7, 11) is 0. The first-order valence-corrected chi connectivity index (χ1v) is 8.88. The van der Waals surface area contributed by atoms with Gasteiger partial charge in [0.2, 0.25) is 5.91 Å². The first kappa shape index (κ1) is 20.0. The molecule has 0 unspecified atom stereocenters. The van der Waals surface area contributed by atoms with E-state index in [1.54, 1.807) is 26.0 Å². The fourth-order valence-corrected chi connectivity index (χ4v) is 3.11. The molecule has 1 saturated heterocycles. The summed E-state index contributed by atoms with van der Waals surface area (Å²) in [4.78, 5) is 48.9. The largest absolute Gasteiger partial charge is 0.325 e. The quantitative estimate of drug-likeness (QED) is 0.457. The van der Waals surface area contributed by atoms with E-state index in [2.05, 4.69) is 10.6 Å². The van der Waals surface area contributed by atoms with Crippen LogP contribution in [0, 0.1) is 24.0 Å². The number of imide groups is 1. The Balaban J connectivity index is 1.77. The molecule has 1 heterocycles. The minimum Gasteiger partial charge on any atom is -0.324 e. The minimum absolute atomic E-state index is 0.173.